The number of fused-ring (bicyclic) bond motifs is 2. The van der Waals surface area contributed by atoms with E-state index >= 15 is 0 Å². The van der Waals surface area contributed by atoms with Crippen molar-refractivity contribution in [3.05, 3.63) is 66.2 Å². The number of amides is 3. The summed E-state index contributed by atoms with van der Waals surface area (Å²) in [6.45, 7) is 6.11. The van der Waals surface area contributed by atoms with E-state index in [4.69, 9.17) is 4.74 Å². The number of urea groups is 1. The Balaban J connectivity index is 1.35. The summed E-state index contributed by atoms with van der Waals surface area (Å²) in [4.78, 5) is 30.9. The summed E-state index contributed by atoms with van der Waals surface area (Å²) >= 11 is 0. The Labute approximate surface area is 249 Å². The van der Waals surface area contributed by atoms with Gasteiger partial charge in [-0.2, -0.15) is 0 Å². The van der Waals surface area contributed by atoms with Crippen LogP contribution in [0.1, 0.15) is 56.3 Å². The van der Waals surface area contributed by atoms with Crippen LogP contribution < -0.4 is 15.4 Å². The minimum absolute atomic E-state index is 0.0641. The molecule has 1 aliphatic carbocycles. The van der Waals surface area contributed by atoms with Gasteiger partial charge in [0.05, 0.1) is 23.9 Å². The molecule has 1 saturated carbocycles. The predicted molar refractivity (Wildman–Crippen MR) is 168 cm³/mol. The summed E-state index contributed by atoms with van der Waals surface area (Å²) in [5, 5.41) is 17.8. The van der Waals surface area contributed by atoms with Crippen LogP contribution in [0.2, 0.25) is 0 Å². The Morgan fingerprint density at radius 1 is 1.05 bits per heavy atom. The lowest BCUT2D eigenvalue weighted by Crippen LogP contribution is -2.50. The molecular formula is C34H44N4O4. The van der Waals surface area contributed by atoms with E-state index in [1.807, 2.05) is 49.4 Å². The first-order chi connectivity index (χ1) is 20.3. The molecule has 0 bridgehead atoms. The zero-order chi connectivity index (χ0) is 29.6. The molecule has 5 rings (SSSR count). The second-order valence-corrected chi connectivity index (χ2v) is 12.2. The third-order valence-corrected chi connectivity index (χ3v) is 8.75. The summed E-state index contributed by atoms with van der Waals surface area (Å²) in [5.74, 6) is 1.07. The molecule has 0 saturated heterocycles. The lowest BCUT2D eigenvalue weighted by Gasteiger charge is -2.38. The van der Waals surface area contributed by atoms with Gasteiger partial charge in [0.25, 0.3) is 5.91 Å². The highest BCUT2D eigenvalue weighted by Gasteiger charge is 2.34. The standard InChI is InChI=1S/C34H44N4O4/c1-23-19-38(24(2)22-39)33(40)29-18-27(35-34(41)36-30-15-9-13-26-12-7-8-14-28(26)30)16-17-31(29)42-32(23)21-37(3)20-25-10-5-4-6-11-25/h7-9,12-18,23-25,32,39H,4-6,10-11,19-22H2,1-3H3,(H2,35,36,41)/t23-,24+,32-/m1/s1. The van der Waals surface area contributed by atoms with Gasteiger partial charge >= 0.3 is 6.03 Å². The van der Waals surface area contributed by atoms with Crippen LogP contribution >= 0.6 is 0 Å². The summed E-state index contributed by atoms with van der Waals surface area (Å²) in [6, 6.07) is 18.1. The van der Waals surface area contributed by atoms with Crippen LogP contribution in [0.4, 0.5) is 16.2 Å². The van der Waals surface area contributed by atoms with Gasteiger partial charge in [-0.25, -0.2) is 4.79 Å². The highest BCUT2D eigenvalue weighted by molar-refractivity contribution is 6.07. The Morgan fingerprint density at radius 3 is 2.60 bits per heavy atom. The SMILES string of the molecule is C[C@@H]1CN([C@@H](C)CO)C(=O)c2cc(NC(=O)Nc3cccc4ccccc34)ccc2O[C@@H]1CN(C)CC1CCCCC1. The molecule has 3 N–H and O–H groups in total. The van der Waals surface area contributed by atoms with Crippen molar-refractivity contribution in [2.75, 3.05) is 43.9 Å². The van der Waals surface area contributed by atoms with Crippen molar-refractivity contribution in [1.29, 1.82) is 0 Å². The number of ether oxygens (including phenoxy) is 1. The fourth-order valence-electron chi connectivity index (χ4n) is 6.33. The molecule has 0 unspecified atom stereocenters. The van der Waals surface area contributed by atoms with Gasteiger partial charge in [0.15, 0.2) is 0 Å². The third-order valence-electron chi connectivity index (χ3n) is 8.75. The number of benzene rings is 3. The molecule has 3 aromatic rings. The van der Waals surface area contributed by atoms with Gasteiger partial charge in [-0.05, 0) is 62.4 Å². The third kappa shape index (κ3) is 7.05. The highest BCUT2D eigenvalue weighted by Crippen LogP contribution is 2.32. The molecule has 3 atom stereocenters. The highest BCUT2D eigenvalue weighted by atomic mass is 16.5. The molecule has 8 heteroatoms. The van der Waals surface area contributed by atoms with Gasteiger partial charge in [0, 0.05) is 36.6 Å². The maximum Gasteiger partial charge on any atom is 0.323 e. The number of likely N-dealkylation sites (N-methyl/N-ethyl adjacent to an activating group) is 1. The number of nitrogens with one attached hydrogen (secondary N) is 2. The molecule has 3 aromatic carbocycles. The van der Waals surface area contributed by atoms with Crippen molar-refractivity contribution >= 4 is 34.1 Å². The number of aliphatic hydroxyl groups is 1. The van der Waals surface area contributed by atoms with E-state index in [0.29, 0.717) is 29.2 Å². The Hall–Kier alpha value is -3.62. The molecule has 224 valence electrons. The summed E-state index contributed by atoms with van der Waals surface area (Å²) < 4.78 is 6.56. The van der Waals surface area contributed by atoms with Crippen LogP contribution in [-0.2, 0) is 0 Å². The molecule has 2 aliphatic rings. The summed E-state index contributed by atoms with van der Waals surface area (Å²) in [5.41, 5.74) is 1.57. The molecule has 3 amide bonds. The van der Waals surface area contributed by atoms with E-state index in [0.717, 1.165) is 29.8 Å². The van der Waals surface area contributed by atoms with E-state index in [-0.39, 0.29) is 30.6 Å². The summed E-state index contributed by atoms with van der Waals surface area (Å²) in [7, 11) is 2.16. The minimum atomic E-state index is -0.401. The quantitative estimate of drug-likeness (QED) is 0.298. The number of hydrogen-bond donors (Lipinski definition) is 3. The van der Waals surface area contributed by atoms with Gasteiger partial charge < -0.3 is 30.3 Å². The zero-order valence-corrected chi connectivity index (χ0v) is 25.0. The average molecular weight is 573 g/mol. The first-order valence-corrected chi connectivity index (χ1v) is 15.3. The van der Waals surface area contributed by atoms with Gasteiger partial charge in [0.1, 0.15) is 11.9 Å². The molecule has 1 aliphatic heterocycles. The van der Waals surface area contributed by atoms with Crippen LogP contribution in [0, 0.1) is 11.8 Å². The van der Waals surface area contributed by atoms with Crippen molar-refractivity contribution in [3.8, 4) is 5.75 Å². The van der Waals surface area contributed by atoms with E-state index in [9.17, 15) is 14.7 Å². The van der Waals surface area contributed by atoms with Crippen LogP contribution in [0.15, 0.2) is 60.7 Å². The van der Waals surface area contributed by atoms with Crippen LogP contribution in [0.5, 0.6) is 5.75 Å². The molecule has 0 spiro atoms. The average Bonchev–Trinajstić information content (AvgIpc) is 2.99. The van der Waals surface area contributed by atoms with Crippen molar-refractivity contribution in [1.82, 2.24) is 9.80 Å². The molecule has 0 radical (unpaired) electrons. The van der Waals surface area contributed by atoms with Crippen molar-refractivity contribution in [2.45, 2.75) is 58.1 Å². The minimum Gasteiger partial charge on any atom is -0.488 e. The van der Waals surface area contributed by atoms with E-state index in [1.165, 1.54) is 32.1 Å². The van der Waals surface area contributed by atoms with Gasteiger partial charge in [-0.1, -0.05) is 62.6 Å². The lowest BCUT2D eigenvalue weighted by atomic mass is 9.89. The molecule has 8 nitrogen and oxygen atoms in total. The predicted octanol–water partition coefficient (Wildman–Crippen LogP) is 6.22. The van der Waals surface area contributed by atoms with Crippen LogP contribution in [0.25, 0.3) is 10.8 Å². The van der Waals surface area contributed by atoms with Gasteiger partial charge in [-0.3, -0.25) is 4.79 Å². The molecule has 0 aromatic heterocycles. The zero-order valence-electron chi connectivity index (χ0n) is 25.0. The number of aliphatic hydroxyl groups excluding tert-OH is 1. The van der Waals surface area contributed by atoms with Gasteiger partial charge in [0.2, 0.25) is 0 Å². The van der Waals surface area contributed by atoms with Crippen LogP contribution in [0.3, 0.4) is 0 Å². The Kier molecular flexibility index (Phi) is 9.65. The number of hydrogen-bond acceptors (Lipinski definition) is 5. The van der Waals surface area contributed by atoms with Crippen molar-refractivity contribution in [3.63, 3.8) is 0 Å². The number of carbonyl (C=O) groups is 2. The van der Waals surface area contributed by atoms with E-state index in [1.54, 1.807) is 23.1 Å². The number of rotatable bonds is 8. The second-order valence-electron chi connectivity index (χ2n) is 12.2. The van der Waals surface area contributed by atoms with Crippen molar-refractivity contribution in [2.24, 2.45) is 11.8 Å². The number of carbonyl (C=O) groups excluding carboxylic acids is 2. The lowest BCUT2D eigenvalue weighted by molar-refractivity contribution is 0.0330. The first-order valence-electron chi connectivity index (χ1n) is 15.3. The Bertz CT molecular complexity index is 1380. The molecule has 42 heavy (non-hydrogen) atoms. The smallest absolute Gasteiger partial charge is 0.323 e. The van der Waals surface area contributed by atoms with Crippen LogP contribution in [-0.4, -0.2) is 72.3 Å². The van der Waals surface area contributed by atoms with Gasteiger partial charge in [-0.15, -0.1) is 0 Å². The molecular weight excluding hydrogens is 528 g/mol. The number of nitrogens with zero attached hydrogens (tertiary/aromatic N) is 2. The second kappa shape index (κ2) is 13.6. The maximum absolute atomic E-state index is 13.8. The van der Waals surface area contributed by atoms with E-state index in [2.05, 4.69) is 29.5 Å². The monoisotopic (exact) mass is 572 g/mol. The fourth-order valence-corrected chi connectivity index (χ4v) is 6.33. The topological polar surface area (TPSA) is 94.1 Å². The summed E-state index contributed by atoms with van der Waals surface area (Å²) in [6.07, 6.45) is 6.41. The maximum atomic E-state index is 13.8. The molecule has 1 fully saturated rings. The largest absolute Gasteiger partial charge is 0.488 e. The van der Waals surface area contributed by atoms with Crippen molar-refractivity contribution < 1.29 is 19.4 Å². The number of anilines is 2. The normalized spacial score (nSPS) is 20.4. The van der Waals surface area contributed by atoms with E-state index < -0.39 is 6.03 Å². The fraction of sp³-hybridized carbons (Fsp3) is 0.471. The Morgan fingerprint density at radius 2 is 1.81 bits per heavy atom. The first kappa shape index (κ1) is 29.9. The molecule has 1 heterocycles.